The molecule has 1 unspecified atom stereocenters. The SMILES string of the molecule is CCOC(=O)c1cn([C@@H](C(C)C)C(O[Si](C)C)C(C)(C)C)c2cc(Cc3cccc(Cl)c3F)c(OC)nc2c1=O. The van der Waals surface area contributed by atoms with Crippen LogP contribution >= 0.6 is 11.6 Å². The predicted molar refractivity (Wildman–Crippen MR) is 158 cm³/mol. The molecule has 40 heavy (non-hydrogen) atoms. The van der Waals surface area contributed by atoms with Crippen molar-refractivity contribution < 1.29 is 23.1 Å². The van der Waals surface area contributed by atoms with E-state index in [2.05, 4.69) is 52.7 Å². The number of ether oxygens (including phenoxy) is 2. The summed E-state index contributed by atoms with van der Waals surface area (Å²) in [6.07, 6.45) is 1.44. The number of pyridine rings is 2. The number of halogens is 2. The molecule has 0 amide bonds. The molecule has 2 atom stereocenters. The van der Waals surface area contributed by atoms with Crippen LogP contribution in [0.1, 0.15) is 69.1 Å². The zero-order valence-corrected chi connectivity index (χ0v) is 26.5. The molecule has 0 saturated carbocycles. The molecule has 3 aromatic rings. The molecule has 0 N–H and O–H groups in total. The van der Waals surface area contributed by atoms with Crippen LogP contribution in [0.3, 0.4) is 0 Å². The van der Waals surface area contributed by atoms with Crippen LogP contribution in [0.15, 0.2) is 35.3 Å². The minimum atomic E-state index is -1.12. The fraction of sp³-hybridized carbons (Fsp3) is 0.500. The molecule has 0 spiro atoms. The summed E-state index contributed by atoms with van der Waals surface area (Å²) < 4.78 is 34.2. The molecular formula is C30H39ClFN2O5Si. The molecule has 217 valence electrons. The average molecular weight is 590 g/mol. The van der Waals surface area contributed by atoms with Gasteiger partial charge in [0.25, 0.3) is 0 Å². The van der Waals surface area contributed by atoms with Crippen molar-refractivity contribution in [1.29, 1.82) is 0 Å². The predicted octanol–water partition coefficient (Wildman–Crippen LogP) is 6.84. The van der Waals surface area contributed by atoms with Crippen molar-refractivity contribution in [3.63, 3.8) is 0 Å². The lowest BCUT2D eigenvalue weighted by molar-refractivity contribution is 0.0212. The molecule has 1 radical (unpaired) electrons. The second-order valence-electron chi connectivity index (χ2n) is 11.5. The van der Waals surface area contributed by atoms with Gasteiger partial charge < -0.3 is 18.5 Å². The standard InChI is InChI=1S/C30H39ClFN2O5Si/c1-10-38-29(36)20-16-34(25(17(2)3)27(30(4,5)6)39-40(8)9)22-15-19(28(37-7)33-24(22)26(20)35)14-18-12-11-13-21(31)23(18)32/h11-13,15-17,25,27H,10,14H2,1-9H3/t25-,27?/m0/s1. The fourth-order valence-corrected chi connectivity index (χ4v) is 6.10. The molecule has 0 aliphatic rings. The van der Waals surface area contributed by atoms with Crippen molar-refractivity contribution in [2.75, 3.05) is 13.7 Å². The molecule has 2 heterocycles. The van der Waals surface area contributed by atoms with Crippen molar-refractivity contribution in [3.05, 3.63) is 68.2 Å². The summed E-state index contributed by atoms with van der Waals surface area (Å²) in [5.41, 5.74) is 0.542. The summed E-state index contributed by atoms with van der Waals surface area (Å²) in [4.78, 5) is 31.2. The Morgan fingerprint density at radius 3 is 2.42 bits per heavy atom. The number of carbonyl (C=O) groups excluding carboxylic acids is 1. The zero-order chi connectivity index (χ0) is 29.9. The zero-order valence-electron chi connectivity index (χ0n) is 24.7. The quantitative estimate of drug-likeness (QED) is 0.190. The number of esters is 1. The highest BCUT2D eigenvalue weighted by Gasteiger charge is 2.38. The van der Waals surface area contributed by atoms with Gasteiger partial charge in [0.2, 0.25) is 20.3 Å². The molecule has 3 rings (SSSR count). The van der Waals surface area contributed by atoms with Crippen molar-refractivity contribution in [2.45, 2.75) is 73.2 Å². The third-order valence-electron chi connectivity index (χ3n) is 6.68. The Labute approximate surface area is 242 Å². The first-order chi connectivity index (χ1) is 18.7. The van der Waals surface area contributed by atoms with E-state index in [4.69, 9.17) is 25.5 Å². The van der Waals surface area contributed by atoms with E-state index in [0.717, 1.165) is 0 Å². The first-order valence-corrected chi connectivity index (χ1v) is 16.2. The van der Waals surface area contributed by atoms with Gasteiger partial charge in [0.05, 0.1) is 36.4 Å². The van der Waals surface area contributed by atoms with Gasteiger partial charge in [-0.25, -0.2) is 14.2 Å². The number of hydrogen-bond acceptors (Lipinski definition) is 6. The maximum Gasteiger partial charge on any atom is 0.343 e. The molecule has 0 saturated heterocycles. The largest absolute Gasteiger partial charge is 0.481 e. The van der Waals surface area contributed by atoms with E-state index in [1.807, 2.05) is 4.57 Å². The Bertz CT molecular complexity index is 1430. The summed E-state index contributed by atoms with van der Waals surface area (Å²) in [5, 5.41) is 0.0167. The van der Waals surface area contributed by atoms with Crippen molar-refractivity contribution in [2.24, 2.45) is 11.3 Å². The van der Waals surface area contributed by atoms with Gasteiger partial charge in [0, 0.05) is 18.2 Å². The third kappa shape index (κ3) is 6.75. The summed E-state index contributed by atoms with van der Waals surface area (Å²) in [7, 11) is 0.317. The van der Waals surface area contributed by atoms with Crippen molar-refractivity contribution >= 4 is 37.6 Å². The Hall–Kier alpha value is -2.75. The van der Waals surface area contributed by atoms with Gasteiger partial charge in [-0.2, -0.15) is 0 Å². The molecule has 1 aromatic carbocycles. The van der Waals surface area contributed by atoms with Gasteiger partial charge >= 0.3 is 5.97 Å². The van der Waals surface area contributed by atoms with Crippen molar-refractivity contribution in [3.8, 4) is 5.88 Å². The Kier molecular flexibility index (Phi) is 10.2. The molecular weight excluding hydrogens is 551 g/mol. The lowest BCUT2D eigenvalue weighted by atomic mass is 9.80. The van der Waals surface area contributed by atoms with Gasteiger partial charge in [0.1, 0.15) is 16.9 Å². The lowest BCUT2D eigenvalue weighted by Crippen LogP contribution is -2.43. The maximum atomic E-state index is 14.9. The Morgan fingerprint density at radius 1 is 1.20 bits per heavy atom. The molecule has 2 aromatic heterocycles. The van der Waals surface area contributed by atoms with Crippen molar-refractivity contribution in [1.82, 2.24) is 9.55 Å². The van der Waals surface area contributed by atoms with E-state index >= 15 is 0 Å². The van der Waals surface area contributed by atoms with E-state index in [-0.39, 0.29) is 58.5 Å². The Morgan fingerprint density at radius 2 is 1.88 bits per heavy atom. The lowest BCUT2D eigenvalue weighted by Gasteiger charge is -2.42. The van der Waals surface area contributed by atoms with Gasteiger partial charge in [-0.15, -0.1) is 0 Å². The third-order valence-corrected chi connectivity index (χ3v) is 7.70. The number of fused-ring (bicyclic) bond motifs is 1. The van der Waals surface area contributed by atoms with E-state index < -0.39 is 26.3 Å². The highest BCUT2D eigenvalue weighted by atomic mass is 35.5. The second kappa shape index (κ2) is 12.8. The topological polar surface area (TPSA) is 79.7 Å². The van der Waals surface area contributed by atoms with Crippen LogP contribution in [0.5, 0.6) is 5.88 Å². The molecule has 0 aliphatic heterocycles. The number of rotatable bonds is 10. The number of carbonyl (C=O) groups is 1. The first kappa shape index (κ1) is 31.8. The minimum Gasteiger partial charge on any atom is -0.481 e. The minimum absolute atomic E-state index is 0.0167. The molecule has 0 aliphatic carbocycles. The van der Waals surface area contributed by atoms with E-state index in [1.165, 1.54) is 13.2 Å². The fourth-order valence-electron chi connectivity index (χ4n) is 4.91. The molecule has 0 fully saturated rings. The van der Waals surface area contributed by atoms with Crippen LogP contribution in [-0.4, -0.2) is 44.4 Å². The monoisotopic (exact) mass is 589 g/mol. The van der Waals surface area contributed by atoms with Crippen LogP contribution in [0.2, 0.25) is 18.1 Å². The van der Waals surface area contributed by atoms with Crippen LogP contribution in [-0.2, 0) is 15.6 Å². The number of benzene rings is 1. The maximum absolute atomic E-state index is 14.9. The molecule has 10 heteroatoms. The number of nitrogens with zero attached hydrogens (tertiary/aromatic N) is 2. The average Bonchev–Trinajstić information content (AvgIpc) is 2.86. The number of hydrogen-bond donors (Lipinski definition) is 0. The van der Waals surface area contributed by atoms with Gasteiger partial charge in [-0.05, 0) is 49.0 Å². The summed E-state index contributed by atoms with van der Waals surface area (Å²) in [6, 6.07) is 6.33. The highest BCUT2D eigenvalue weighted by molar-refractivity contribution is 6.48. The summed E-state index contributed by atoms with van der Waals surface area (Å²) in [6.45, 7) is 16.5. The summed E-state index contributed by atoms with van der Waals surface area (Å²) >= 11 is 6.04. The van der Waals surface area contributed by atoms with Crippen LogP contribution in [0, 0.1) is 17.2 Å². The second-order valence-corrected chi connectivity index (χ2v) is 13.9. The van der Waals surface area contributed by atoms with E-state index in [9.17, 15) is 14.0 Å². The van der Waals surface area contributed by atoms with E-state index in [0.29, 0.717) is 16.6 Å². The van der Waals surface area contributed by atoms with Gasteiger partial charge in [-0.1, -0.05) is 58.4 Å². The normalized spacial score (nSPS) is 13.6. The Balaban J connectivity index is 2.42. The van der Waals surface area contributed by atoms with Crippen LogP contribution in [0.25, 0.3) is 11.0 Å². The van der Waals surface area contributed by atoms with Crippen LogP contribution in [0.4, 0.5) is 4.39 Å². The molecule has 7 nitrogen and oxygen atoms in total. The first-order valence-electron chi connectivity index (χ1n) is 13.4. The number of methoxy groups -OCH3 is 1. The number of aromatic nitrogens is 2. The van der Waals surface area contributed by atoms with Gasteiger partial charge in [-0.3, -0.25) is 4.79 Å². The molecule has 0 bridgehead atoms. The van der Waals surface area contributed by atoms with Crippen LogP contribution < -0.4 is 10.2 Å². The smallest absolute Gasteiger partial charge is 0.343 e. The summed E-state index contributed by atoms with van der Waals surface area (Å²) in [5.74, 6) is -1.04. The van der Waals surface area contributed by atoms with E-state index in [1.54, 1.807) is 31.3 Å². The highest BCUT2D eigenvalue weighted by Crippen LogP contribution is 2.38. The van der Waals surface area contributed by atoms with Gasteiger partial charge in [0.15, 0.2) is 0 Å².